The molecule has 0 heterocycles. The van der Waals surface area contributed by atoms with Crippen molar-refractivity contribution in [2.75, 3.05) is 24.6 Å². The Morgan fingerprint density at radius 2 is 0.909 bits per heavy atom. The predicted molar refractivity (Wildman–Crippen MR) is 106 cm³/mol. The Morgan fingerprint density at radius 3 is 1.05 bits per heavy atom. The molecule has 0 aliphatic rings. The van der Waals surface area contributed by atoms with Gasteiger partial charge in [0.2, 0.25) is 0 Å². The van der Waals surface area contributed by atoms with E-state index >= 15 is 0 Å². The molecule has 128 valence electrons. The van der Waals surface area contributed by atoms with Crippen molar-refractivity contribution in [1.82, 2.24) is 0 Å². The van der Waals surface area contributed by atoms with Crippen molar-refractivity contribution in [3.8, 4) is 11.9 Å². The molecule has 0 saturated heterocycles. The monoisotopic (exact) mass is 324 g/mol. The summed E-state index contributed by atoms with van der Waals surface area (Å²) in [7, 11) is -1.42. The molecule has 0 aromatic carbocycles. The second-order valence-corrected chi connectivity index (χ2v) is 10.8. The highest BCUT2D eigenvalue weighted by molar-refractivity contribution is 7.75. The lowest BCUT2D eigenvalue weighted by molar-refractivity contribution is 0.814. The molecule has 0 aromatic heterocycles. The largest absolute Gasteiger partial charge is 0.249 e. The number of rotatable bonds is 12. The van der Waals surface area contributed by atoms with Gasteiger partial charge in [-0.25, -0.2) is 10.5 Å². The molecule has 2 nitrogen and oxygen atoms in total. The highest BCUT2D eigenvalue weighted by Crippen LogP contribution is 2.61. The molecule has 0 rings (SSSR count). The standard InChI is InChI=1S/C16H36P.C2H2BN2/c1-5-9-13-17(14-10-6-2,15-11-7-3)16-12-8-4;4-1-3-2-5/h5-16H2,1-4H3;3H2/q+1;-1. The van der Waals surface area contributed by atoms with E-state index in [0.29, 0.717) is 0 Å². The molecule has 4 heteroatoms. The summed E-state index contributed by atoms with van der Waals surface area (Å²) in [5.41, 5.74) is 0. The Morgan fingerprint density at radius 1 is 0.636 bits per heavy atom. The first-order valence-electron chi connectivity index (χ1n) is 9.54. The SMILES string of the molecule is CCCC[P+](CCCC)(CCCC)CCCC.N#C[BH2-]C#N. The Labute approximate surface area is 141 Å². The van der Waals surface area contributed by atoms with E-state index in [1.807, 2.05) is 0 Å². The van der Waals surface area contributed by atoms with Crippen LogP contribution in [0.1, 0.15) is 79.1 Å². The fourth-order valence-corrected chi connectivity index (χ4v) is 7.98. The van der Waals surface area contributed by atoms with Gasteiger partial charge in [-0.3, -0.25) is 0 Å². The Kier molecular flexibility index (Phi) is 20.0. The van der Waals surface area contributed by atoms with Gasteiger partial charge in [0.25, 0.3) is 0 Å². The molecule has 0 bridgehead atoms. The van der Waals surface area contributed by atoms with Crippen molar-refractivity contribution >= 4 is 14.5 Å². The fourth-order valence-electron chi connectivity index (χ4n) is 2.69. The predicted octanol–water partition coefficient (Wildman–Crippen LogP) is 5.32. The Hall–Kier alpha value is -0.525. The third-order valence-corrected chi connectivity index (χ3v) is 9.23. The molecule has 0 fully saturated rings. The summed E-state index contributed by atoms with van der Waals surface area (Å²) >= 11 is 0. The van der Waals surface area contributed by atoms with Crippen LogP contribution in [-0.2, 0) is 0 Å². The van der Waals surface area contributed by atoms with E-state index in [1.165, 1.54) is 51.4 Å². The molecule has 22 heavy (non-hydrogen) atoms. The van der Waals surface area contributed by atoms with Crippen LogP contribution in [0.3, 0.4) is 0 Å². The smallest absolute Gasteiger partial charge is 0.179 e. The molecule has 0 saturated carbocycles. The van der Waals surface area contributed by atoms with Gasteiger partial charge in [0.15, 0.2) is 7.28 Å². The molecule has 0 unspecified atom stereocenters. The van der Waals surface area contributed by atoms with Crippen molar-refractivity contribution in [3.63, 3.8) is 0 Å². The van der Waals surface area contributed by atoms with E-state index in [9.17, 15) is 0 Å². The van der Waals surface area contributed by atoms with Gasteiger partial charge in [0, 0.05) is 7.26 Å². The van der Waals surface area contributed by atoms with Crippen molar-refractivity contribution < 1.29 is 0 Å². The van der Waals surface area contributed by atoms with Gasteiger partial charge in [0.05, 0.1) is 24.6 Å². The Bertz CT molecular complexity index is 258. The van der Waals surface area contributed by atoms with E-state index < -0.39 is 14.5 Å². The summed E-state index contributed by atoms with van der Waals surface area (Å²) in [5, 5.41) is 15.3. The molecular formula is C18H38BN2P. The molecule has 0 spiro atoms. The summed E-state index contributed by atoms with van der Waals surface area (Å²) in [6, 6.07) is 0. The van der Waals surface area contributed by atoms with Crippen LogP contribution in [0.15, 0.2) is 0 Å². The van der Waals surface area contributed by atoms with Gasteiger partial charge in [-0.05, 0) is 25.7 Å². The summed E-state index contributed by atoms with van der Waals surface area (Å²) in [6.07, 6.45) is 17.9. The molecule has 0 N–H and O–H groups in total. The van der Waals surface area contributed by atoms with Crippen LogP contribution in [0, 0.1) is 22.5 Å². The molecule has 0 radical (unpaired) electrons. The number of nitrogens with zero attached hydrogens (tertiary/aromatic N) is 2. The number of nitriles is 2. The Balaban J connectivity index is 0. The third-order valence-electron chi connectivity index (χ3n) is 4.17. The minimum absolute atomic E-state index is 0.562. The number of hydrogen-bond acceptors (Lipinski definition) is 2. The zero-order valence-electron chi connectivity index (χ0n) is 15.8. The van der Waals surface area contributed by atoms with Crippen molar-refractivity contribution in [3.05, 3.63) is 0 Å². The van der Waals surface area contributed by atoms with E-state index in [2.05, 4.69) is 27.7 Å². The van der Waals surface area contributed by atoms with E-state index in [0.717, 1.165) is 0 Å². The maximum atomic E-state index is 7.65. The maximum absolute atomic E-state index is 7.65. The zero-order chi connectivity index (χ0) is 17.1. The van der Waals surface area contributed by atoms with Gasteiger partial charge in [0.1, 0.15) is 0 Å². The topological polar surface area (TPSA) is 47.6 Å². The normalized spacial score (nSPS) is 10.3. The highest BCUT2D eigenvalue weighted by atomic mass is 31.2. The van der Waals surface area contributed by atoms with Crippen LogP contribution in [0.2, 0.25) is 0 Å². The fraction of sp³-hybridized carbons (Fsp3) is 0.889. The van der Waals surface area contributed by atoms with Crippen molar-refractivity contribution in [2.45, 2.75) is 79.1 Å². The maximum Gasteiger partial charge on any atom is 0.179 e. The second kappa shape index (κ2) is 18.5. The second-order valence-electron chi connectivity index (χ2n) is 6.35. The van der Waals surface area contributed by atoms with Gasteiger partial charge in [-0.2, -0.15) is 0 Å². The van der Waals surface area contributed by atoms with Gasteiger partial charge in [-0.1, -0.05) is 53.4 Å². The summed E-state index contributed by atoms with van der Waals surface area (Å²) in [6.45, 7) is 9.42. The third kappa shape index (κ3) is 14.4. The van der Waals surface area contributed by atoms with E-state index in [1.54, 1.807) is 36.6 Å². The molecule has 0 amide bonds. The molecule has 0 atom stereocenters. The van der Waals surface area contributed by atoms with E-state index in [4.69, 9.17) is 10.5 Å². The number of unbranched alkanes of at least 4 members (excludes halogenated alkanes) is 4. The first kappa shape index (κ1) is 23.7. The van der Waals surface area contributed by atoms with Crippen LogP contribution in [0.4, 0.5) is 0 Å². The van der Waals surface area contributed by atoms with Gasteiger partial charge in [-0.15, -0.1) is 11.9 Å². The lowest BCUT2D eigenvalue weighted by Gasteiger charge is -2.28. The van der Waals surface area contributed by atoms with Crippen LogP contribution in [0.25, 0.3) is 0 Å². The average Bonchev–Trinajstić information content (AvgIpc) is 2.55. The first-order chi connectivity index (χ1) is 10.7. The minimum Gasteiger partial charge on any atom is -0.249 e. The molecule has 0 aliphatic heterocycles. The van der Waals surface area contributed by atoms with Crippen LogP contribution in [-0.4, -0.2) is 31.9 Å². The summed E-state index contributed by atoms with van der Waals surface area (Å²) in [5.74, 6) is 3.56. The molecule has 0 aromatic rings. The first-order valence-corrected chi connectivity index (χ1v) is 12.1. The van der Waals surface area contributed by atoms with Crippen LogP contribution < -0.4 is 0 Å². The zero-order valence-corrected chi connectivity index (χ0v) is 16.7. The number of hydrogen-bond donors (Lipinski definition) is 0. The van der Waals surface area contributed by atoms with Crippen molar-refractivity contribution in [1.29, 1.82) is 10.5 Å². The lowest BCUT2D eigenvalue weighted by Crippen LogP contribution is -2.12. The highest BCUT2D eigenvalue weighted by Gasteiger charge is 2.34. The summed E-state index contributed by atoms with van der Waals surface area (Å²) < 4.78 is 0. The van der Waals surface area contributed by atoms with Gasteiger partial charge >= 0.3 is 0 Å². The molecular weight excluding hydrogens is 286 g/mol. The van der Waals surface area contributed by atoms with Crippen LogP contribution in [0.5, 0.6) is 0 Å². The summed E-state index contributed by atoms with van der Waals surface area (Å²) in [4.78, 5) is 0. The minimum atomic E-state index is -0.861. The van der Waals surface area contributed by atoms with Gasteiger partial charge < -0.3 is 0 Å². The van der Waals surface area contributed by atoms with Crippen molar-refractivity contribution in [2.24, 2.45) is 0 Å². The molecule has 0 aliphatic carbocycles. The van der Waals surface area contributed by atoms with Crippen LogP contribution >= 0.6 is 7.26 Å². The van der Waals surface area contributed by atoms with E-state index in [-0.39, 0.29) is 0 Å². The lowest BCUT2D eigenvalue weighted by atomic mass is 9.85. The average molecular weight is 324 g/mol. The quantitative estimate of drug-likeness (QED) is 0.360.